The molecule has 2 heterocycles. The Morgan fingerprint density at radius 1 is 1.13 bits per heavy atom. The Hall–Kier alpha value is -2.17. The summed E-state index contributed by atoms with van der Waals surface area (Å²) in [5, 5.41) is 6.80. The van der Waals surface area contributed by atoms with Crippen LogP contribution in [0.5, 0.6) is 0 Å². The Labute approximate surface area is 140 Å². The maximum atomic E-state index is 13.1. The summed E-state index contributed by atoms with van der Waals surface area (Å²) in [6, 6.07) is 15.3. The van der Waals surface area contributed by atoms with Crippen LogP contribution in [0.15, 0.2) is 53.6 Å². The van der Waals surface area contributed by atoms with Crippen molar-refractivity contribution in [3.8, 4) is 0 Å². The van der Waals surface area contributed by atoms with Crippen molar-refractivity contribution in [3.05, 3.63) is 64.7 Å². The van der Waals surface area contributed by atoms with E-state index in [2.05, 4.69) is 16.1 Å². The number of benzene rings is 2. The van der Waals surface area contributed by atoms with Crippen molar-refractivity contribution < 1.29 is 4.79 Å². The fraction of sp³-hybridized carbons (Fsp3) is 0.222. The summed E-state index contributed by atoms with van der Waals surface area (Å²) in [4.78, 5) is 15.2. The van der Waals surface area contributed by atoms with Gasteiger partial charge in [-0.3, -0.25) is 9.69 Å². The van der Waals surface area contributed by atoms with Gasteiger partial charge in [-0.25, -0.2) is 0 Å². The number of amides is 1. The fourth-order valence-electron chi connectivity index (χ4n) is 3.27. The van der Waals surface area contributed by atoms with Crippen molar-refractivity contribution in [2.24, 2.45) is 5.10 Å². The Kier molecular flexibility index (Phi) is 3.08. The Morgan fingerprint density at radius 3 is 2.57 bits per heavy atom. The van der Waals surface area contributed by atoms with Crippen molar-refractivity contribution >= 4 is 28.9 Å². The van der Waals surface area contributed by atoms with Gasteiger partial charge in [-0.2, -0.15) is 10.1 Å². The molecule has 2 aliphatic heterocycles. The second-order valence-corrected chi connectivity index (χ2v) is 6.56. The molecule has 116 valence electrons. The molecular formula is C18H16ClN3O. The van der Waals surface area contributed by atoms with Crippen LogP contribution in [0.3, 0.4) is 0 Å². The largest absolute Gasteiger partial charge is 0.283 e. The highest BCUT2D eigenvalue weighted by molar-refractivity contribution is 6.31. The number of hydrogen-bond acceptors (Lipinski definition) is 3. The fourth-order valence-corrected chi connectivity index (χ4v) is 3.40. The predicted octanol–water partition coefficient (Wildman–Crippen LogP) is 3.30. The standard InChI is InChI=1S/C18H16ClN3O/c1-18-16(15-6-4-3-5-12(15)11-21(18)2)20-22(17(18)23)14-9-7-13(19)8-10-14/h3-10H,11H2,1-2H3. The number of likely N-dealkylation sites (N-methyl/N-ethyl adjacent to an activating group) is 1. The van der Waals surface area contributed by atoms with Crippen LogP contribution in [0.4, 0.5) is 5.69 Å². The van der Waals surface area contributed by atoms with Crippen LogP contribution >= 0.6 is 11.6 Å². The second-order valence-electron chi connectivity index (χ2n) is 6.13. The van der Waals surface area contributed by atoms with Crippen LogP contribution in [-0.2, 0) is 11.3 Å². The van der Waals surface area contributed by atoms with E-state index < -0.39 is 5.54 Å². The van der Waals surface area contributed by atoms with E-state index in [9.17, 15) is 4.79 Å². The minimum absolute atomic E-state index is 0.0353. The van der Waals surface area contributed by atoms with Crippen LogP contribution in [-0.4, -0.2) is 29.1 Å². The molecule has 0 aliphatic carbocycles. The molecule has 0 saturated carbocycles. The molecule has 2 aliphatic rings. The number of carbonyl (C=O) groups excluding carboxylic acids is 1. The molecule has 23 heavy (non-hydrogen) atoms. The van der Waals surface area contributed by atoms with E-state index in [1.165, 1.54) is 10.6 Å². The zero-order valence-electron chi connectivity index (χ0n) is 13.0. The molecule has 0 fully saturated rings. The summed E-state index contributed by atoms with van der Waals surface area (Å²) in [6.45, 7) is 2.67. The lowest BCUT2D eigenvalue weighted by molar-refractivity contribution is -0.124. The molecule has 0 spiro atoms. The van der Waals surface area contributed by atoms with Gasteiger partial charge in [0.15, 0.2) is 0 Å². The first-order valence-corrected chi connectivity index (χ1v) is 7.88. The first-order valence-electron chi connectivity index (χ1n) is 7.50. The lowest BCUT2D eigenvalue weighted by Gasteiger charge is -2.39. The summed E-state index contributed by atoms with van der Waals surface area (Å²) < 4.78 is 0. The van der Waals surface area contributed by atoms with E-state index in [0.29, 0.717) is 5.02 Å². The van der Waals surface area contributed by atoms with Gasteiger partial charge in [-0.05, 0) is 43.8 Å². The molecule has 1 amide bonds. The molecule has 5 heteroatoms. The van der Waals surface area contributed by atoms with Crippen molar-refractivity contribution in [1.82, 2.24) is 4.90 Å². The van der Waals surface area contributed by atoms with Gasteiger partial charge in [0, 0.05) is 17.1 Å². The number of anilines is 1. The molecule has 2 aromatic rings. The average molecular weight is 326 g/mol. The maximum Gasteiger partial charge on any atom is 0.273 e. The zero-order chi connectivity index (χ0) is 16.2. The number of hydrogen-bond donors (Lipinski definition) is 0. The quantitative estimate of drug-likeness (QED) is 0.806. The van der Waals surface area contributed by atoms with Crippen LogP contribution in [0.25, 0.3) is 0 Å². The molecule has 0 aromatic heterocycles. The zero-order valence-corrected chi connectivity index (χ0v) is 13.7. The first kappa shape index (κ1) is 14.4. The van der Waals surface area contributed by atoms with Crippen LogP contribution < -0.4 is 5.01 Å². The minimum atomic E-state index is -0.742. The van der Waals surface area contributed by atoms with Gasteiger partial charge in [0.2, 0.25) is 0 Å². The van der Waals surface area contributed by atoms with Crippen molar-refractivity contribution in [2.45, 2.75) is 19.0 Å². The lowest BCUT2D eigenvalue weighted by atomic mass is 9.82. The molecule has 0 bridgehead atoms. The molecule has 1 unspecified atom stereocenters. The molecule has 2 aromatic carbocycles. The van der Waals surface area contributed by atoms with Crippen molar-refractivity contribution in [2.75, 3.05) is 12.1 Å². The van der Waals surface area contributed by atoms with Gasteiger partial charge in [-0.1, -0.05) is 35.9 Å². The summed E-state index contributed by atoms with van der Waals surface area (Å²) in [6.07, 6.45) is 0. The first-order chi connectivity index (χ1) is 11.0. The molecule has 0 N–H and O–H groups in total. The molecule has 4 nitrogen and oxygen atoms in total. The smallest absolute Gasteiger partial charge is 0.273 e. The van der Waals surface area contributed by atoms with E-state index in [4.69, 9.17) is 11.6 Å². The normalized spacial score (nSPS) is 23.5. The minimum Gasteiger partial charge on any atom is -0.283 e. The topological polar surface area (TPSA) is 35.9 Å². The van der Waals surface area contributed by atoms with Gasteiger partial charge >= 0.3 is 0 Å². The van der Waals surface area contributed by atoms with Gasteiger partial charge in [0.1, 0.15) is 5.54 Å². The Bertz CT molecular complexity index is 830. The maximum absolute atomic E-state index is 13.1. The van der Waals surface area contributed by atoms with E-state index in [-0.39, 0.29) is 5.91 Å². The van der Waals surface area contributed by atoms with Gasteiger partial charge < -0.3 is 0 Å². The average Bonchev–Trinajstić information content (AvgIpc) is 2.83. The third kappa shape index (κ3) is 1.95. The molecule has 0 radical (unpaired) electrons. The molecular weight excluding hydrogens is 310 g/mol. The van der Waals surface area contributed by atoms with Crippen LogP contribution in [0.2, 0.25) is 5.02 Å². The number of halogens is 1. The number of carbonyl (C=O) groups is 1. The van der Waals surface area contributed by atoms with E-state index in [1.807, 2.05) is 44.3 Å². The highest BCUT2D eigenvalue weighted by atomic mass is 35.5. The van der Waals surface area contributed by atoms with E-state index in [1.54, 1.807) is 12.1 Å². The number of rotatable bonds is 1. The highest BCUT2D eigenvalue weighted by Gasteiger charge is 2.53. The van der Waals surface area contributed by atoms with Crippen molar-refractivity contribution in [1.29, 1.82) is 0 Å². The summed E-state index contributed by atoms with van der Waals surface area (Å²) in [7, 11) is 1.97. The number of nitrogens with zero attached hydrogens (tertiary/aromatic N) is 3. The van der Waals surface area contributed by atoms with Crippen LogP contribution in [0, 0.1) is 0 Å². The Balaban J connectivity index is 1.87. The number of hydrazone groups is 1. The Morgan fingerprint density at radius 2 is 1.83 bits per heavy atom. The highest BCUT2D eigenvalue weighted by Crippen LogP contribution is 2.38. The summed E-state index contributed by atoms with van der Waals surface area (Å²) in [5.41, 5.74) is 3.04. The van der Waals surface area contributed by atoms with E-state index >= 15 is 0 Å². The summed E-state index contributed by atoms with van der Waals surface area (Å²) >= 11 is 5.95. The molecule has 0 saturated heterocycles. The lowest BCUT2D eigenvalue weighted by Crippen LogP contribution is -2.58. The third-order valence-corrected chi connectivity index (χ3v) is 5.04. The van der Waals surface area contributed by atoms with Crippen molar-refractivity contribution in [3.63, 3.8) is 0 Å². The molecule has 4 rings (SSSR count). The van der Waals surface area contributed by atoms with Gasteiger partial charge in [-0.15, -0.1) is 0 Å². The van der Waals surface area contributed by atoms with Gasteiger partial charge in [0.25, 0.3) is 5.91 Å². The summed E-state index contributed by atoms with van der Waals surface area (Å²) in [5.74, 6) is -0.0353. The second kappa shape index (κ2) is 4.91. The number of fused-ring (bicyclic) bond motifs is 3. The monoisotopic (exact) mass is 325 g/mol. The molecule has 1 atom stereocenters. The third-order valence-electron chi connectivity index (χ3n) is 4.78. The van der Waals surface area contributed by atoms with E-state index in [0.717, 1.165) is 23.5 Å². The van der Waals surface area contributed by atoms with Gasteiger partial charge in [0.05, 0.1) is 11.4 Å². The van der Waals surface area contributed by atoms with Crippen LogP contribution in [0.1, 0.15) is 18.1 Å². The SMILES string of the molecule is CN1Cc2ccccc2C2=NN(c3ccc(Cl)cc3)C(=O)C21C. The predicted molar refractivity (Wildman–Crippen MR) is 91.8 cm³/mol.